The number of carbonyl (C=O) groups excluding carboxylic acids is 2. The molecule has 1 unspecified atom stereocenters. The van der Waals surface area contributed by atoms with E-state index in [4.69, 9.17) is 9.26 Å². The number of alkyl carbamates (subject to hydrolysis) is 1. The Kier molecular flexibility index (Phi) is 12.2. The Morgan fingerprint density at radius 1 is 1.17 bits per heavy atom. The van der Waals surface area contributed by atoms with E-state index in [9.17, 15) is 28.9 Å². The van der Waals surface area contributed by atoms with Gasteiger partial charge in [-0.1, -0.05) is 50.1 Å². The minimum atomic E-state index is -4.01. The molecule has 1 aliphatic rings. The van der Waals surface area contributed by atoms with Gasteiger partial charge in [-0.3, -0.25) is 13.9 Å². The van der Waals surface area contributed by atoms with Gasteiger partial charge >= 0.3 is 19.7 Å². The molecule has 0 bridgehead atoms. The van der Waals surface area contributed by atoms with E-state index in [2.05, 4.69) is 5.32 Å². The molecule has 3 atom stereocenters. The van der Waals surface area contributed by atoms with Gasteiger partial charge in [-0.2, -0.15) is 0 Å². The average molecular weight is 513 g/mol. The van der Waals surface area contributed by atoms with Crippen molar-refractivity contribution in [2.24, 2.45) is 0 Å². The molecule has 196 valence electrons. The van der Waals surface area contributed by atoms with Crippen molar-refractivity contribution in [3.05, 3.63) is 35.9 Å². The molecule has 0 radical (unpaired) electrons. The Bertz CT molecular complexity index is 866. The van der Waals surface area contributed by atoms with Crippen LogP contribution in [0.3, 0.4) is 0 Å². The zero-order chi connectivity index (χ0) is 25.7. The van der Waals surface area contributed by atoms with Crippen molar-refractivity contribution in [3.63, 3.8) is 0 Å². The standard InChI is InChI=1S/C24H37N2O8P/c1-2-3-9-17-35(31,32)34-21(22(27)26-16-10-13-20(26)23(28)29)14-7-8-15-25-24(30)33-18-19-11-5-4-6-12-19/h4-6,11-12,20-21H,2-3,7-10,13-18H2,1H3,(H,25,30)(H,28,29)(H,31,32)/t20-,21-/m0/s1. The highest BCUT2D eigenvalue weighted by atomic mass is 31.2. The molecule has 2 amide bonds. The highest BCUT2D eigenvalue weighted by Gasteiger charge is 2.39. The van der Waals surface area contributed by atoms with Gasteiger partial charge in [0, 0.05) is 13.1 Å². The quantitative estimate of drug-likeness (QED) is 0.237. The van der Waals surface area contributed by atoms with Gasteiger partial charge in [0.2, 0.25) is 0 Å². The van der Waals surface area contributed by atoms with E-state index in [1.54, 1.807) is 0 Å². The van der Waals surface area contributed by atoms with Gasteiger partial charge in [-0.05, 0) is 44.1 Å². The number of hydrogen-bond acceptors (Lipinski definition) is 6. The number of hydrogen-bond donors (Lipinski definition) is 3. The summed E-state index contributed by atoms with van der Waals surface area (Å²) in [5.74, 6) is -1.67. The Morgan fingerprint density at radius 2 is 1.91 bits per heavy atom. The molecule has 3 N–H and O–H groups in total. The van der Waals surface area contributed by atoms with E-state index in [0.29, 0.717) is 38.6 Å². The van der Waals surface area contributed by atoms with Gasteiger partial charge in [0.15, 0.2) is 0 Å². The summed E-state index contributed by atoms with van der Waals surface area (Å²) in [6.45, 7) is 2.70. The third-order valence-corrected chi connectivity index (χ3v) is 7.27. The maximum absolute atomic E-state index is 13.1. The summed E-state index contributed by atoms with van der Waals surface area (Å²) in [6, 6.07) is 8.33. The lowest BCUT2D eigenvalue weighted by molar-refractivity contribution is -0.151. The predicted octanol–water partition coefficient (Wildman–Crippen LogP) is 3.92. The van der Waals surface area contributed by atoms with Crippen LogP contribution in [0.1, 0.15) is 63.9 Å². The maximum atomic E-state index is 13.1. The lowest BCUT2D eigenvalue weighted by Crippen LogP contribution is -2.46. The van der Waals surface area contributed by atoms with Crippen LogP contribution in [0.2, 0.25) is 0 Å². The topological polar surface area (TPSA) is 142 Å². The molecule has 10 nitrogen and oxygen atoms in total. The van der Waals surface area contributed by atoms with Crippen molar-refractivity contribution in [3.8, 4) is 0 Å². The molecule has 1 fully saturated rings. The zero-order valence-corrected chi connectivity index (χ0v) is 21.2. The van der Waals surface area contributed by atoms with E-state index in [0.717, 1.165) is 18.4 Å². The van der Waals surface area contributed by atoms with Crippen molar-refractivity contribution >= 4 is 25.6 Å². The number of nitrogens with one attached hydrogen (secondary N) is 1. The van der Waals surface area contributed by atoms with Crippen molar-refractivity contribution < 1.29 is 38.2 Å². The molecule has 0 saturated carbocycles. The molecule has 1 aromatic carbocycles. The molecule has 2 rings (SSSR count). The number of likely N-dealkylation sites (tertiary alicyclic amines) is 1. The maximum Gasteiger partial charge on any atom is 0.407 e. The molecule has 0 aromatic heterocycles. The zero-order valence-electron chi connectivity index (χ0n) is 20.3. The smallest absolute Gasteiger partial charge is 0.407 e. The Labute approximate surface area is 206 Å². The van der Waals surface area contributed by atoms with Crippen LogP contribution in [0.25, 0.3) is 0 Å². The Morgan fingerprint density at radius 3 is 2.60 bits per heavy atom. The molecule has 35 heavy (non-hydrogen) atoms. The van der Waals surface area contributed by atoms with E-state index in [1.807, 2.05) is 37.3 Å². The second kappa shape index (κ2) is 14.9. The fraction of sp³-hybridized carbons (Fsp3) is 0.625. The molecule has 1 saturated heterocycles. The van der Waals surface area contributed by atoms with Gasteiger partial charge in [-0.25, -0.2) is 9.59 Å². The van der Waals surface area contributed by atoms with E-state index < -0.39 is 37.7 Å². The lowest BCUT2D eigenvalue weighted by atomic mass is 10.1. The molecule has 11 heteroatoms. The van der Waals surface area contributed by atoms with Crippen molar-refractivity contribution in [1.82, 2.24) is 10.2 Å². The summed E-state index contributed by atoms with van der Waals surface area (Å²) >= 11 is 0. The first kappa shape index (κ1) is 28.8. The second-order valence-electron chi connectivity index (χ2n) is 8.67. The van der Waals surface area contributed by atoms with Crippen LogP contribution in [0.15, 0.2) is 30.3 Å². The molecule has 1 heterocycles. The third-order valence-electron chi connectivity index (χ3n) is 5.81. The van der Waals surface area contributed by atoms with Gasteiger partial charge in [-0.15, -0.1) is 0 Å². The highest BCUT2D eigenvalue weighted by molar-refractivity contribution is 7.52. The number of benzene rings is 1. The molecular formula is C24H37N2O8P. The fourth-order valence-electron chi connectivity index (χ4n) is 3.93. The number of rotatable bonds is 15. The number of unbranched alkanes of at least 4 members (excludes halogenated alkanes) is 3. The lowest BCUT2D eigenvalue weighted by Gasteiger charge is -2.28. The highest BCUT2D eigenvalue weighted by Crippen LogP contribution is 2.45. The van der Waals surface area contributed by atoms with Crippen molar-refractivity contribution in [2.75, 3.05) is 19.3 Å². The summed E-state index contributed by atoms with van der Waals surface area (Å²) in [5.41, 5.74) is 0.870. The van der Waals surface area contributed by atoms with Crippen molar-refractivity contribution in [1.29, 1.82) is 0 Å². The van der Waals surface area contributed by atoms with E-state index in [-0.39, 0.29) is 25.7 Å². The minimum absolute atomic E-state index is 0.0538. The number of amides is 2. The van der Waals surface area contributed by atoms with Crippen LogP contribution in [0.5, 0.6) is 0 Å². The van der Waals surface area contributed by atoms with Gasteiger partial charge < -0.3 is 25.0 Å². The minimum Gasteiger partial charge on any atom is -0.480 e. The molecule has 0 spiro atoms. The summed E-state index contributed by atoms with van der Waals surface area (Å²) in [7, 11) is -4.01. The summed E-state index contributed by atoms with van der Waals surface area (Å²) in [4.78, 5) is 48.0. The summed E-state index contributed by atoms with van der Waals surface area (Å²) in [5, 5.41) is 12.1. The average Bonchev–Trinajstić information content (AvgIpc) is 3.32. The first-order chi connectivity index (χ1) is 16.7. The number of nitrogens with zero attached hydrogens (tertiary/aromatic N) is 1. The Hall–Kier alpha value is -2.42. The van der Waals surface area contributed by atoms with E-state index >= 15 is 0 Å². The largest absolute Gasteiger partial charge is 0.480 e. The number of carboxylic acids is 1. The van der Waals surface area contributed by atoms with Crippen LogP contribution in [-0.2, 0) is 30.0 Å². The summed E-state index contributed by atoms with van der Waals surface area (Å²) in [6.07, 6.45) is 2.27. The van der Waals surface area contributed by atoms with Crippen LogP contribution in [-0.4, -0.2) is 64.3 Å². The first-order valence-electron chi connectivity index (χ1n) is 12.2. The Balaban J connectivity index is 1.85. The monoisotopic (exact) mass is 512 g/mol. The number of carboxylic acid groups (broad SMARTS) is 1. The molecule has 1 aromatic rings. The molecule has 0 aliphatic carbocycles. The number of carbonyl (C=O) groups is 3. The normalized spacial score (nSPS) is 18.0. The van der Waals surface area contributed by atoms with Gasteiger partial charge in [0.1, 0.15) is 18.8 Å². The molecule has 1 aliphatic heterocycles. The SMILES string of the molecule is CCCCCP(=O)(O)O[C@@H](CCCCNC(=O)OCc1ccccc1)C(=O)N1CCC[C@H]1C(=O)O. The van der Waals surface area contributed by atoms with Crippen LogP contribution >= 0.6 is 7.60 Å². The second-order valence-corrected chi connectivity index (χ2v) is 10.6. The van der Waals surface area contributed by atoms with Gasteiger partial charge in [0.05, 0.1) is 6.16 Å². The van der Waals surface area contributed by atoms with Crippen LogP contribution in [0, 0.1) is 0 Å². The molecular weight excluding hydrogens is 475 g/mol. The fourth-order valence-corrected chi connectivity index (χ4v) is 5.25. The van der Waals surface area contributed by atoms with E-state index in [1.165, 1.54) is 4.90 Å². The van der Waals surface area contributed by atoms with Gasteiger partial charge in [0.25, 0.3) is 5.91 Å². The first-order valence-corrected chi connectivity index (χ1v) is 14.0. The number of aliphatic carboxylic acids is 1. The third kappa shape index (κ3) is 10.4. The van der Waals surface area contributed by atoms with Crippen molar-refractivity contribution in [2.45, 2.75) is 77.0 Å². The number of ether oxygens (including phenoxy) is 1. The van der Waals surface area contributed by atoms with Crippen LogP contribution in [0.4, 0.5) is 4.79 Å². The predicted molar refractivity (Wildman–Crippen MR) is 130 cm³/mol. The summed E-state index contributed by atoms with van der Waals surface area (Å²) < 4.78 is 23.1. The van der Waals surface area contributed by atoms with Crippen LogP contribution < -0.4 is 5.32 Å².